The minimum Gasteiger partial charge on any atom is -0.497 e. The summed E-state index contributed by atoms with van der Waals surface area (Å²) in [6.07, 6.45) is 4.77. The van der Waals surface area contributed by atoms with Gasteiger partial charge in [0.2, 0.25) is 0 Å². The lowest BCUT2D eigenvalue weighted by molar-refractivity contribution is -0.171. The highest BCUT2D eigenvalue weighted by Crippen LogP contribution is 2.19. The third-order valence-corrected chi connectivity index (χ3v) is 5.37. The molecule has 1 unspecified atom stereocenters. The van der Waals surface area contributed by atoms with Crippen LogP contribution in [0.3, 0.4) is 0 Å². The summed E-state index contributed by atoms with van der Waals surface area (Å²) in [7, 11) is 1.62. The molecule has 0 amide bonds. The molecule has 1 atom stereocenters. The number of ether oxygens (including phenoxy) is 3. The van der Waals surface area contributed by atoms with Gasteiger partial charge in [0, 0.05) is 11.1 Å². The lowest BCUT2D eigenvalue weighted by Crippen LogP contribution is -2.30. The molecule has 0 aromatic heterocycles. The van der Waals surface area contributed by atoms with E-state index in [0.717, 1.165) is 24.2 Å². The largest absolute Gasteiger partial charge is 0.497 e. The maximum absolute atomic E-state index is 12.8. The van der Waals surface area contributed by atoms with Crippen LogP contribution in [0.5, 0.6) is 11.5 Å². The van der Waals surface area contributed by atoms with Crippen molar-refractivity contribution < 1.29 is 38.8 Å². The van der Waals surface area contributed by atoms with Gasteiger partial charge in [0.1, 0.15) is 11.5 Å². The van der Waals surface area contributed by atoms with E-state index in [4.69, 9.17) is 19.3 Å². The Balaban J connectivity index is 1.50. The minimum absolute atomic E-state index is 0.00572. The number of carboxylic acid groups (broad SMARTS) is 2. The number of methoxy groups -OCH3 is 1. The fourth-order valence-corrected chi connectivity index (χ4v) is 3.44. The van der Waals surface area contributed by atoms with Gasteiger partial charge >= 0.3 is 11.9 Å². The zero-order valence-electron chi connectivity index (χ0n) is 20.3. The van der Waals surface area contributed by atoms with Crippen LogP contribution in [0.1, 0.15) is 51.1 Å². The SMILES string of the molecule is COc1ccc(C=CCCCCOC(Oc2cccc(C(=O)c3cccc(C(=O)O)c3)c2)C(=O)O)cc1. The number of hydrogen-bond donors (Lipinski definition) is 2. The monoisotopic (exact) mass is 504 g/mol. The van der Waals surface area contributed by atoms with Gasteiger partial charge in [0.05, 0.1) is 19.3 Å². The van der Waals surface area contributed by atoms with Gasteiger partial charge in [-0.1, -0.05) is 48.6 Å². The lowest BCUT2D eigenvalue weighted by atomic mass is 10.0. The molecule has 0 aliphatic rings. The average molecular weight is 505 g/mol. The number of carbonyl (C=O) groups is 3. The smallest absolute Gasteiger partial charge is 0.373 e. The molecule has 37 heavy (non-hydrogen) atoms. The van der Waals surface area contributed by atoms with Crippen LogP contribution >= 0.6 is 0 Å². The lowest BCUT2D eigenvalue weighted by Gasteiger charge is -2.16. The molecule has 0 aliphatic heterocycles. The molecule has 8 heteroatoms. The number of ketones is 1. The van der Waals surface area contributed by atoms with Crippen LogP contribution < -0.4 is 9.47 Å². The van der Waals surface area contributed by atoms with Crippen LogP contribution in [0.25, 0.3) is 6.08 Å². The number of rotatable bonds is 14. The van der Waals surface area contributed by atoms with Crippen LogP contribution in [0, 0.1) is 0 Å². The van der Waals surface area contributed by atoms with Gasteiger partial charge in [-0.15, -0.1) is 0 Å². The number of carbonyl (C=O) groups excluding carboxylic acids is 1. The van der Waals surface area contributed by atoms with E-state index in [1.54, 1.807) is 19.2 Å². The summed E-state index contributed by atoms with van der Waals surface area (Å²) in [4.78, 5) is 35.6. The van der Waals surface area contributed by atoms with E-state index >= 15 is 0 Å². The molecule has 0 saturated carbocycles. The fourth-order valence-electron chi connectivity index (χ4n) is 3.44. The average Bonchev–Trinajstić information content (AvgIpc) is 2.91. The van der Waals surface area contributed by atoms with Crippen LogP contribution in [0.4, 0.5) is 0 Å². The Morgan fingerprint density at radius 3 is 2.19 bits per heavy atom. The molecule has 0 saturated heterocycles. The van der Waals surface area contributed by atoms with Crippen molar-refractivity contribution >= 4 is 23.8 Å². The molecule has 192 valence electrons. The van der Waals surface area contributed by atoms with Crippen molar-refractivity contribution in [2.75, 3.05) is 13.7 Å². The topological polar surface area (TPSA) is 119 Å². The predicted octanol–water partition coefficient (Wildman–Crippen LogP) is 5.31. The fraction of sp³-hybridized carbons (Fsp3) is 0.207. The first-order valence-electron chi connectivity index (χ1n) is 11.7. The number of benzene rings is 3. The van der Waals surface area contributed by atoms with Crippen molar-refractivity contribution in [3.05, 3.63) is 101 Å². The van der Waals surface area contributed by atoms with E-state index in [1.807, 2.05) is 36.4 Å². The van der Waals surface area contributed by atoms with Gasteiger partial charge in [-0.25, -0.2) is 9.59 Å². The molecule has 0 fully saturated rings. The highest BCUT2D eigenvalue weighted by molar-refractivity contribution is 6.10. The third kappa shape index (κ3) is 8.33. The summed E-state index contributed by atoms with van der Waals surface area (Å²) in [6.45, 7) is 0.188. The number of hydrogen-bond acceptors (Lipinski definition) is 6. The van der Waals surface area contributed by atoms with Gasteiger partial charge in [0.25, 0.3) is 6.29 Å². The summed E-state index contributed by atoms with van der Waals surface area (Å²) >= 11 is 0. The summed E-state index contributed by atoms with van der Waals surface area (Å²) in [5, 5.41) is 18.6. The van der Waals surface area contributed by atoms with E-state index in [9.17, 15) is 19.5 Å². The molecule has 2 N–H and O–H groups in total. The van der Waals surface area contributed by atoms with E-state index in [-0.39, 0.29) is 29.0 Å². The Kier molecular flexibility index (Phi) is 9.99. The van der Waals surface area contributed by atoms with Crippen LogP contribution in [-0.2, 0) is 9.53 Å². The summed E-state index contributed by atoms with van der Waals surface area (Å²) in [5.74, 6) is -1.89. The Morgan fingerprint density at radius 1 is 0.838 bits per heavy atom. The number of aliphatic carboxylic acids is 1. The first-order valence-corrected chi connectivity index (χ1v) is 11.7. The number of carboxylic acids is 2. The van der Waals surface area contributed by atoms with Crippen molar-refractivity contribution in [1.82, 2.24) is 0 Å². The Morgan fingerprint density at radius 2 is 1.51 bits per heavy atom. The molecular weight excluding hydrogens is 476 g/mol. The normalized spacial score (nSPS) is 11.7. The first-order chi connectivity index (χ1) is 17.9. The van der Waals surface area contributed by atoms with Gasteiger partial charge < -0.3 is 24.4 Å². The summed E-state index contributed by atoms with van der Waals surface area (Å²) in [5.41, 5.74) is 1.48. The van der Waals surface area contributed by atoms with E-state index in [0.29, 0.717) is 6.42 Å². The maximum atomic E-state index is 12.8. The summed E-state index contributed by atoms with van der Waals surface area (Å²) in [6, 6.07) is 19.4. The molecule has 3 aromatic carbocycles. The van der Waals surface area contributed by atoms with Crippen molar-refractivity contribution in [1.29, 1.82) is 0 Å². The highest BCUT2D eigenvalue weighted by atomic mass is 16.7. The van der Waals surface area contributed by atoms with Gasteiger partial charge in [0.15, 0.2) is 5.78 Å². The van der Waals surface area contributed by atoms with Crippen molar-refractivity contribution in [2.24, 2.45) is 0 Å². The van der Waals surface area contributed by atoms with Crippen molar-refractivity contribution in [2.45, 2.75) is 25.6 Å². The van der Waals surface area contributed by atoms with Gasteiger partial charge in [-0.05, 0) is 61.2 Å². The second-order valence-corrected chi connectivity index (χ2v) is 8.07. The highest BCUT2D eigenvalue weighted by Gasteiger charge is 2.21. The minimum atomic E-state index is -1.53. The number of aromatic carboxylic acids is 1. The molecule has 0 radical (unpaired) electrons. The van der Waals surface area contributed by atoms with Crippen molar-refractivity contribution in [3.8, 4) is 11.5 Å². The zero-order valence-corrected chi connectivity index (χ0v) is 20.3. The van der Waals surface area contributed by atoms with Gasteiger partial charge in [-0.2, -0.15) is 0 Å². The second kappa shape index (κ2) is 13.6. The quantitative estimate of drug-likeness (QED) is 0.172. The first kappa shape index (κ1) is 27.2. The molecule has 0 heterocycles. The molecule has 3 rings (SSSR count). The molecule has 8 nitrogen and oxygen atoms in total. The van der Waals surface area contributed by atoms with E-state index in [2.05, 4.69) is 0 Å². The molecule has 0 aliphatic carbocycles. The predicted molar refractivity (Wildman–Crippen MR) is 137 cm³/mol. The molecular formula is C29H28O8. The zero-order chi connectivity index (χ0) is 26.6. The van der Waals surface area contributed by atoms with Crippen LogP contribution in [0.2, 0.25) is 0 Å². The van der Waals surface area contributed by atoms with Gasteiger partial charge in [-0.3, -0.25) is 4.79 Å². The Hall–Kier alpha value is -4.43. The maximum Gasteiger partial charge on any atom is 0.373 e. The molecule has 0 spiro atoms. The van der Waals surface area contributed by atoms with Crippen LogP contribution in [-0.4, -0.2) is 47.9 Å². The summed E-state index contributed by atoms with van der Waals surface area (Å²) < 4.78 is 16.0. The second-order valence-electron chi connectivity index (χ2n) is 8.07. The molecule has 0 bridgehead atoms. The van der Waals surface area contributed by atoms with E-state index < -0.39 is 24.0 Å². The van der Waals surface area contributed by atoms with E-state index in [1.165, 1.54) is 36.4 Å². The van der Waals surface area contributed by atoms with Crippen LogP contribution in [0.15, 0.2) is 78.9 Å². The standard InChI is InChI=1S/C29H28O8/c1-35-24-15-13-20(14-16-24)8-4-2-3-5-17-36-29(28(33)34)37-25-12-7-10-22(19-25)26(30)21-9-6-11-23(18-21)27(31)32/h4,6-16,18-19,29H,2-3,5,17H2,1H3,(H,31,32)(H,33,34). The number of allylic oxidation sites excluding steroid dienone is 1. The van der Waals surface area contributed by atoms with Crippen molar-refractivity contribution in [3.63, 3.8) is 0 Å². The number of unbranched alkanes of at least 4 members (excludes halogenated alkanes) is 2. The Bertz CT molecular complexity index is 1250. The Labute approximate surface area is 214 Å². The molecule has 3 aromatic rings. The third-order valence-electron chi connectivity index (χ3n) is 5.37.